The summed E-state index contributed by atoms with van der Waals surface area (Å²) in [6, 6.07) is 35.1. The minimum Gasteiger partial charge on any atom is -0.381 e. The zero-order valence-electron chi connectivity index (χ0n) is 17.1. The van der Waals surface area contributed by atoms with Crippen molar-refractivity contribution in [1.29, 1.82) is 0 Å². The van der Waals surface area contributed by atoms with Gasteiger partial charge in [-0.25, -0.2) is 0 Å². The van der Waals surface area contributed by atoms with Crippen LogP contribution in [0.4, 0.5) is 0 Å². The molecule has 0 unspecified atom stereocenters. The van der Waals surface area contributed by atoms with Gasteiger partial charge in [-0.05, 0) is 46.9 Å². The first-order valence-corrected chi connectivity index (χ1v) is 11.0. The number of rotatable bonds is 7. The van der Waals surface area contributed by atoms with Crippen LogP contribution in [0.3, 0.4) is 0 Å². The van der Waals surface area contributed by atoms with Crippen LogP contribution in [0.1, 0.15) is 16.7 Å². The van der Waals surface area contributed by atoms with E-state index in [2.05, 4.69) is 72.1 Å². The highest BCUT2D eigenvalue weighted by atomic mass is 35.5. The molecule has 0 radical (unpaired) electrons. The second-order valence-corrected chi connectivity index (χ2v) is 8.26. The molecule has 1 N–H and O–H groups in total. The molecule has 0 saturated carbocycles. The first-order valence-electron chi connectivity index (χ1n) is 10.3. The highest BCUT2D eigenvalue weighted by Crippen LogP contribution is 2.25. The normalized spacial score (nSPS) is 11.4. The maximum atomic E-state index is 6.28. The summed E-state index contributed by atoms with van der Waals surface area (Å²) in [5.41, 5.74) is 6.89. The highest BCUT2D eigenvalue weighted by molar-refractivity contribution is 6.34. The van der Waals surface area contributed by atoms with Crippen LogP contribution in [0.15, 0.2) is 109 Å². The van der Waals surface area contributed by atoms with Crippen LogP contribution in [-0.2, 0) is 13.0 Å². The molecule has 154 valence electrons. The van der Waals surface area contributed by atoms with Crippen molar-refractivity contribution in [1.82, 2.24) is 5.32 Å². The average Bonchev–Trinajstić information content (AvgIpc) is 2.80. The van der Waals surface area contributed by atoms with E-state index in [-0.39, 0.29) is 0 Å². The molecule has 0 heterocycles. The molecule has 4 aromatic rings. The van der Waals surface area contributed by atoms with Crippen molar-refractivity contribution < 1.29 is 0 Å². The van der Waals surface area contributed by atoms with Gasteiger partial charge in [-0.2, -0.15) is 0 Å². The molecule has 0 aliphatic heterocycles. The van der Waals surface area contributed by atoms with Crippen LogP contribution in [-0.4, -0.2) is 0 Å². The molecule has 1 nitrogen and oxygen atoms in total. The lowest BCUT2D eigenvalue weighted by molar-refractivity contribution is 0.886. The number of hydrogen-bond donors (Lipinski definition) is 1. The fourth-order valence-electron chi connectivity index (χ4n) is 3.52. The first kappa shape index (κ1) is 21.2. The summed E-state index contributed by atoms with van der Waals surface area (Å²) in [6.07, 6.45) is 3.00. The van der Waals surface area contributed by atoms with E-state index in [4.69, 9.17) is 23.2 Å². The van der Waals surface area contributed by atoms with E-state index in [0.717, 1.165) is 24.2 Å². The third kappa shape index (κ3) is 6.01. The minimum absolute atomic E-state index is 0.626. The molecule has 0 amide bonds. The van der Waals surface area contributed by atoms with E-state index in [1.165, 1.54) is 22.3 Å². The van der Waals surface area contributed by atoms with Gasteiger partial charge in [-0.1, -0.05) is 114 Å². The number of nitrogens with one attached hydrogen (secondary N) is 1. The summed E-state index contributed by atoms with van der Waals surface area (Å²) >= 11 is 12.6. The predicted molar refractivity (Wildman–Crippen MR) is 133 cm³/mol. The van der Waals surface area contributed by atoms with Gasteiger partial charge in [0.1, 0.15) is 0 Å². The molecule has 0 aromatic heterocycles. The molecule has 4 aromatic carbocycles. The second kappa shape index (κ2) is 10.3. The van der Waals surface area contributed by atoms with E-state index in [1.54, 1.807) is 6.07 Å². The Bertz CT molecular complexity index is 1150. The van der Waals surface area contributed by atoms with E-state index in [9.17, 15) is 0 Å². The number of benzene rings is 4. The molecule has 0 atom stereocenters. The van der Waals surface area contributed by atoms with Crippen molar-refractivity contribution in [2.45, 2.75) is 13.0 Å². The zero-order chi connectivity index (χ0) is 21.5. The maximum Gasteiger partial charge on any atom is 0.0427 e. The van der Waals surface area contributed by atoms with Gasteiger partial charge in [0.25, 0.3) is 0 Å². The topological polar surface area (TPSA) is 12.0 Å². The van der Waals surface area contributed by atoms with E-state index < -0.39 is 0 Å². The van der Waals surface area contributed by atoms with Gasteiger partial charge in [-0.15, -0.1) is 0 Å². The van der Waals surface area contributed by atoms with Crippen LogP contribution in [0, 0.1) is 0 Å². The van der Waals surface area contributed by atoms with Crippen molar-refractivity contribution >= 4 is 28.9 Å². The summed E-state index contributed by atoms with van der Waals surface area (Å²) in [5.74, 6) is 0. The lowest BCUT2D eigenvalue weighted by Crippen LogP contribution is -2.12. The summed E-state index contributed by atoms with van der Waals surface area (Å²) in [6.45, 7) is 0.723. The smallest absolute Gasteiger partial charge is 0.0427 e. The van der Waals surface area contributed by atoms with Crippen LogP contribution >= 0.6 is 23.2 Å². The van der Waals surface area contributed by atoms with Gasteiger partial charge in [0, 0.05) is 27.9 Å². The SMILES string of the molecule is Clc1cc(Cl)cc(/C(=C/Cc2cccc(-c3ccccc3)c2)NCc2ccccc2)c1. The molecule has 4 rings (SSSR count). The zero-order valence-corrected chi connectivity index (χ0v) is 18.6. The molecule has 3 heteroatoms. The van der Waals surface area contributed by atoms with Crippen molar-refractivity contribution in [2.24, 2.45) is 0 Å². The molecule has 0 aliphatic carbocycles. The van der Waals surface area contributed by atoms with Crippen LogP contribution in [0.25, 0.3) is 16.8 Å². The Morgan fingerprint density at radius 1 is 0.645 bits per heavy atom. The second-order valence-electron chi connectivity index (χ2n) is 7.39. The monoisotopic (exact) mass is 443 g/mol. The van der Waals surface area contributed by atoms with Crippen molar-refractivity contribution in [2.75, 3.05) is 0 Å². The van der Waals surface area contributed by atoms with Crippen LogP contribution < -0.4 is 5.32 Å². The lowest BCUT2D eigenvalue weighted by atomic mass is 10.0. The van der Waals surface area contributed by atoms with Gasteiger partial charge in [0.05, 0.1) is 0 Å². The number of allylic oxidation sites excluding steroid dienone is 1. The third-order valence-corrected chi connectivity index (χ3v) is 5.51. The molecule has 0 fully saturated rings. The Morgan fingerprint density at radius 3 is 1.97 bits per heavy atom. The maximum absolute atomic E-state index is 6.28. The molecular formula is C28H23Cl2N. The van der Waals surface area contributed by atoms with Gasteiger partial charge in [0.2, 0.25) is 0 Å². The van der Waals surface area contributed by atoms with E-state index >= 15 is 0 Å². The molecule has 0 aliphatic rings. The fourth-order valence-corrected chi connectivity index (χ4v) is 4.05. The number of halogens is 2. The molecule has 31 heavy (non-hydrogen) atoms. The molecule has 0 saturated heterocycles. The molecule has 0 spiro atoms. The number of hydrogen-bond acceptors (Lipinski definition) is 1. The highest BCUT2D eigenvalue weighted by Gasteiger charge is 2.06. The van der Waals surface area contributed by atoms with Crippen molar-refractivity contribution in [3.05, 3.63) is 136 Å². The fraction of sp³-hybridized carbons (Fsp3) is 0.0714. The van der Waals surface area contributed by atoms with Crippen molar-refractivity contribution in [3.8, 4) is 11.1 Å². The lowest BCUT2D eigenvalue weighted by Gasteiger charge is -2.13. The van der Waals surface area contributed by atoms with Gasteiger partial charge >= 0.3 is 0 Å². The third-order valence-electron chi connectivity index (χ3n) is 5.08. The van der Waals surface area contributed by atoms with E-state index in [0.29, 0.717) is 10.0 Å². The Morgan fingerprint density at radius 2 is 1.26 bits per heavy atom. The van der Waals surface area contributed by atoms with Crippen LogP contribution in [0.2, 0.25) is 10.0 Å². The van der Waals surface area contributed by atoms with Crippen LogP contribution in [0.5, 0.6) is 0 Å². The quantitative estimate of drug-likeness (QED) is 0.304. The summed E-state index contributed by atoms with van der Waals surface area (Å²) in [4.78, 5) is 0. The Labute approximate surface area is 194 Å². The van der Waals surface area contributed by atoms with Gasteiger partial charge in [0.15, 0.2) is 0 Å². The minimum atomic E-state index is 0.626. The van der Waals surface area contributed by atoms with E-state index in [1.807, 2.05) is 36.4 Å². The molecule has 0 bridgehead atoms. The summed E-state index contributed by atoms with van der Waals surface area (Å²) in [7, 11) is 0. The Kier molecular flexibility index (Phi) is 7.09. The van der Waals surface area contributed by atoms with Gasteiger partial charge in [-0.3, -0.25) is 0 Å². The van der Waals surface area contributed by atoms with Crippen molar-refractivity contribution in [3.63, 3.8) is 0 Å². The predicted octanol–water partition coefficient (Wildman–Crippen LogP) is 8.03. The first-order chi connectivity index (χ1) is 15.2. The van der Waals surface area contributed by atoms with Gasteiger partial charge < -0.3 is 5.32 Å². The Hall–Kier alpha value is -3.00. The summed E-state index contributed by atoms with van der Waals surface area (Å²) in [5, 5.41) is 4.82. The Balaban J connectivity index is 1.60. The molecular weight excluding hydrogens is 421 g/mol. The summed E-state index contributed by atoms with van der Waals surface area (Å²) < 4.78 is 0. The standard InChI is InChI=1S/C28H23Cl2N/c29-26-17-25(18-27(30)19-26)28(31-20-22-8-3-1-4-9-22)15-14-21-10-7-13-24(16-21)23-11-5-2-6-12-23/h1-13,15-19,31H,14,20H2/b28-15-. The largest absolute Gasteiger partial charge is 0.381 e. The average molecular weight is 444 g/mol.